The molecule has 16 nitrogen and oxygen atoms in total. The van der Waals surface area contributed by atoms with E-state index in [2.05, 4.69) is 13.8 Å². The van der Waals surface area contributed by atoms with Crippen LogP contribution in [0.2, 0.25) is 0 Å². The van der Waals surface area contributed by atoms with Crippen molar-refractivity contribution in [3.63, 3.8) is 0 Å². The van der Waals surface area contributed by atoms with Crippen molar-refractivity contribution in [2.45, 2.75) is 337 Å². The molecule has 20 saturated carbocycles. The van der Waals surface area contributed by atoms with Gasteiger partial charge in [0.15, 0.2) is 33.0 Å². The third-order valence-corrected chi connectivity index (χ3v) is 28.0. The van der Waals surface area contributed by atoms with Gasteiger partial charge < -0.3 is 52.1 Å². The van der Waals surface area contributed by atoms with Crippen molar-refractivity contribution >= 4 is 29.8 Å². The van der Waals surface area contributed by atoms with E-state index in [1.807, 2.05) is 6.92 Å². The van der Waals surface area contributed by atoms with Gasteiger partial charge >= 0.3 is 29.8 Å². The minimum Gasteiger partial charge on any atom is -0.459 e. The van der Waals surface area contributed by atoms with Crippen LogP contribution in [0.4, 0.5) is 43.9 Å². The molecule has 624 valence electrons. The fraction of sp³-hybridized carbons (Fsp3) is 0.940. The first-order valence-electron chi connectivity index (χ1n) is 41.0. The van der Waals surface area contributed by atoms with Crippen LogP contribution in [-0.2, 0) is 76.1 Å². The molecule has 20 fully saturated rings. The minimum absolute atomic E-state index is 0.215. The molecule has 0 aliphatic heterocycles. The monoisotopic (exact) mass is 1570 g/mol. The van der Waals surface area contributed by atoms with Crippen molar-refractivity contribution in [1.29, 1.82) is 0 Å². The predicted molar refractivity (Wildman–Crippen MR) is 381 cm³/mol. The fourth-order valence-corrected chi connectivity index (χ4v) is 26.3. The van der Waals surface area contributed by atoms with Crippen LogP contribution < -0.4 is 0 Å². The first-order valence-corrected chi connectivity index (χ1v) is 41.0. The molecule has 10 unspecified atom stereocenters. The number of carbonyl (C=O) groups excluding carboxylic acids is 5. The molecule has 0 aromatic heterocycles. The first-order chi connectivity index (χ1) is 50.7. The van der Waals surface area contributed by atoms with E-state index >= 15 is 0 Å². The first kappa shape index (κ1) is 86.3. The van der Waals surface area contributed by atoms with Gasteiger partial charge in [-0.2, -0.15) is 0 Å². The summed E-state index contributed by atoms with van der Waals surface area (Å²) in [6.07, 6.45) is 30.2. The Morgan fingerprint density at radius 1 is 0.284 bits per heavy atom. The van der Waals surface area contributed by atoms with E-state index in [4.69, 9.17) is 52.1 Å². The maximum absolute atomic E-state index is 13.0. The minimum atomic E-state index is -3.00. The number of unbranched alkanes of at least 4 members (excludes halogenated alkanes) is 2. The molecular formula is C83H126F10O16. The lowest BCUT2D eigenvalue weighted by Gasteiger charge is -2.64. The van der Waals surface area contributed by atoms with Gasteiger partial charge in [0.05, 0.1) is 60.7 Å². The summed E-state index contributed by atoms with van der Waals surface area (Å²) in [5.74, 6) is -12.9. The highest BCUT2D eigenvalue weighted by Crippen LogP contribution is 2.69. The van der Waals surface area contributed by atoms with Crippen LogP contribution in [-0.4, -0.2) is 167 Å². The highest BCUT2D eigenvalue weighted by atomic mass is 19.3. The molecule has 0 aromatic carbocycles. The number of esters is 5. The molecule has 26 heteroatoms. The molecule has 10 atom stereocenters. The number of ether oxygens (including phenoxy) is 11. The number of rotatable bonds is 28. The molecule has 0 N–H and O–H groups in total. The molecule has 0 spiro atoms. The zero-order chi connectivity index (χ0) is 79.6. The van der Waals surface area contributed by atoms with Crippen LogP contribution in [0.5, 0.6) is 0 Å². The van der Waals surface area contributed by atoms with E-state index in [9.17, 15) is 67.9 Å². The SMILES string of the molecule is CCCCOC12CC3CC(C1)CC(C(=O)OCC(C)(F)F)(C3)C2.CCCCOC12CC3CC(C1)CC(C(=O)OCC(C)(F)F)(C3)C2.CCOC12CC3CC(C1)CC(C(=O)OCC(C)(F)F)(C3)C2.COC12CC3CC(C1)CC(C(=O)OCC(C)(F)F)(C3)C2.COC12CC3CC(OC)(C1)CC(C(=O)OCC(C)(F)F)(C3)C2. The zero-order valence-electron chi connectivity index (χ0n) is 66.7. The summed E-state index contributed by atoms with van der Waals surface area (Å²) in [6, 6.07) is 0. The van der Waals surface area contributed by atoms with E-state index in [0.717, 1.165) is 221 Å². The van der Waals surface area contributed by atoms with Gasteiger partial charge in [-0.1, -0.05) is 26.7 Å². The summed E-state index contributed by atoms with van der Waals surface area (Å²) in [7, 11) is 5.03. The molecule has 20 aliphatic carbocycles. The van der Waals surface area contributed by atoms with E-state index < -0.39 is 120 Å². The van der Waals surface area contributed by atoms with Gasteiger partial charge in [0, 0.05) is 82.2 Å². The van der Waals surface area contributed by atoms with Crippen molar-refractivity contribution in [2.75, 3.05) is 74.2 Å². The van der Waals surface area contributed by atoms with Crippen molar-refractivity contribution in [1.82, 2.24) is 0 Å². The third-order valence-electron chi connectivity index (χ3n) is 28.0. The van der Waals surface area contributed by atoms with Gasteiger partial charge in [-0.15, -0.1) is 0 Å². The van der Waals surface area contributed by atoms with Crippen molar-refractivity contribution in [3.8, 4) is 0 Å². The second-order valence-electron chi connectivity index (χ2n) is 39.0. The molecule has 109 heavy (non-hydrogen) atoms. The van der Waals surface area contributed by atoms with Crippen LogP contribution in [0, 0.1) is 80.3 Å². The van der Waals surface area contributed by atoms with E-state index in [-0.39, 0.29) is 33.6 Å². The lowest BCUT2D eigenvalue weighted by Crippen LogP contribution is -2.66. The Bertz CT molecular complexity index is 3030. The van der Waals surface area contributed by atoms with Crippen LogP contribution in [0.15, 0.2) is 0 Å². The summed E-state index contributed by atoms with van der Waals surface area (Å²) < 4.78 is 190. The van der Waals surface area contributed by atoms with Crippen LogP contribution in [0.25, 0.3) is 0 Å². The summed E-state index contributed by atoms with van der Waals surface area (Å²) in [5.41, 5.74) is -4.70. The highest BCUT2D eigenvalue weighted by Gasteiger charge is 2.69. The lowest BCUT2D eigenvalue weighted by molar-refractivity contribution is -0.253. The maximum Gasteiger partial charge on any atom is 0.312 e. The largest absolute Gasteiger partial charge is 0.459 e. The summed E-state index contributed by atoms with van der Waals surface area (Å²) in [4.78, 5) is 62.7. The number of carbonyl (C=O) groups is 5. The normalized spacial score (nSPS) is 40.9. The van der Waals surface area contributed by atoms with E-state index in [1.54, 1.807) is 21.3 Å². The molecule has 20 bridgehead atoms. The van der Waals surface area contributed by atoms with E-state index in [1.165, 1.54) is 0 Å². The second-order valence-corrected chi connectivity index (χ2v) is 39.0. The van der Waals surface area contributed by atoms with Gasteiger partial charge in [0.2, 0.25) is 0 Å². The highest BCUT2D eigenvalue weighted by molar-refractivity contribution is 5.80. The van der Waals surface area contributed by atoms with E-state index in [0.29, 0.717) is 105 Å². The quantitative estimate of drug-likeness (QED) is 0.0311. The molecule has 0 aromatic rings. The Hall–Kier alpha value is -3.59. The van der Waals surface area contributed by atoms with Crippen molar-refractivity contribution in [3.05, 3.63) is 0 Å². The average Bonchev–Trinajstić information content (AvgIpc) is 0.724. The molecule has 20 aliphatic rings. The van der Waals surface area contributed by atoms with Crippen molar-refractivity contribution in [2.24, 2.45) is 80.3 Å². The predicted octanol–water partition coefficient (Wildman–Crippen LogP) is 18.4. The van der Waals surface area contributed by atoms with Crippen molar-refractivity contribution < 1.29 is 120 Å². The Labute approximate surface area is 638 Å². The van der Waals surface area contributed by atoms with Gasteiger partial charge in [-0.05, 0) is 259 Å². The Morgan fingerprint density at radius 3 is 0.734 bits per heavy atom. The lowest BCUT2D eigenvalue weighted by atomic mass is 9.46. The number of alkyl halides is 10. The Morgan fingerprint density at radius 2 is 0.495 bits per heavy atom. The van der Waals surface area contributed by atoms with Crippen LogP contribution >= 0.6 is 0 Å². The number of hydrogen-bond acceptors (Lipinski definition) is 16. The van der Waals surface area contributed by atoms with Crippen LogP contribution in [0.3, 0.4) is 0 Å². The van der Waals surface area contributed by atoms with Gasteiger partial charge in [0.25, 0.3) is 29.6 Å². The number of halogens is 10. The maximum atomic E-state index is 13.0. The Balaban J connectivity index is 0.000000135. The molecule has 0 heterocycles. The Kier molecular flexibility index (Phi) is 25.2. The molecule has 0 saturated heterocycles. The summed E-state index contributed by atoms with van der Waals surface area (Å²) in [6.45, 7) is 8.10. The second kappa shape index (κ2) is 31.8. The van der Waals surface area contributed by atoms with Gasteiger partial charge in [-0.25, -0.2) is 43.9 Å². The molecular weight excluding hydrogens is 1440 g/mol. The van der Waals surface area contributed by atoms with Crippen LogP contribution in [0.1, 0.15) is 274 Å². The number of methoxy groups -OCH3 is 3. The zero-order valence-corrected chi connectivity index (χ0v) is 66.7. The fourth-order valence-electron chi connectivity index (χ4n) is 26.3. The van der Waals surface area contributed by atoms with Gasteiger partial charge in [0.1, 0.15) is 0 Å². The summed E-state index contributed by atoms with van der Waals surface area (Å²) in [5, 5.41) is 0. The molecule has 0 radical (unpaired) electrons. The smallest absolute Gasteiger partial charge is 0.312 e. The third kappa shape index (κ3) is 19.9. The molecule has 20 rings (SSSR count). The summed E-state index contributed by atoms with van der Waals surface area (Å²) >= 11 is 0. The number of hydrogen-bond donors (Lipinski definition) is 0. The topological polar surface area (TPSA) is 187 Å². The standard InChI is InChI=1S/2C18H28F2O3.C16H24F2O4.C16H24F2O3.C15H22F2O3/c2*1-3-4-5-23-18-9-13-6-14(10-18)8-17(7-13,11-18)15(21)22-12-16(2,19)20;1-13(17,18)10-22-12(19)14-4-11-5-15(7-14,20-2)9-16(6-11,8-14)21-3;1-3-21-16-7-11-4-12(8-16)6-15(5-11,9-16)13(19)20-10-14(2,17)18;1-13(16,17)9-20-12(18)14-4-10-3-11(5-14)7-15(6-10,8-14)19-2/h2*13-14H,3-12H2,1-2H3;11H,4-10H2,1-3H3;11-12H,3-10H2,1-2H3;10-11H,3-9H2,1-2H3. The average molecular weight is 1570 g/mol. The van der Waals surface area contributed by atoms with Gasteiger partial charge in [-0.3, -0.25) is 24.0 Å². The molecule has 0 amide bonds.